The summed E-state index contributed by atoms with van der Waals surface area (Å²) in [5.41, 5.74) is 2.05. The molecule has 0 saturated carbocycles. The summed E-state index contributed by atoms with van der Waals surface area (Å²) in [6.45, 7) is 2.76. The molecular formula is C19H25N3O3. The number of rotatable bonds is 6. The Hall–Kier alpha value is -2.34. The van der Waals surface area contributed by atoms with E-state index in [4.69, 9.17) is 4.74 Å². The summed E-state index contributed by atoms with van der Waals surface area (Å²) in [7, 11) is 1.77. The number of carbonyl (C=O) groups is 2. The summed E-state index contributed by atoms with van der Waals surface area (Å²) in [4.78, 5) is 29.4. The number of fused-ring (bicyclic) bond motifs is 1. The highest BCUT2D eigenvalue weighted by Crippen LogP contribution is 2.20. The summed E-state index contributed by atoms with van der Waals surface area (Å²) in [5, 5.41) is 3.88. The smallest absolute Gasteiger partial charge is 0.245 e. The van der Waals surface area contributed by atoms with Crippen LogP contribution >= 0.6 is 0 Å². The molecule has 25 heavy (non-hydrogen) atoms. The molecule has 2 aromatic rings. The molecule has 6 nitrogen and oxygen atoms in total. The van der Waals surface area contributed by atoms with Crippen molar-refractivity contribution in [3.05, 3.63) is 36.0 Å². The van der Waals surface area contributed by atoms with E-state index in [1.54, 1.807) is 11.9 Å². The third-order valence-corrected chi connectivity index (χ3v) is 4.65. The second-order valence-electron chi connectivity index (χ2n) is 6.67. The first-order valence-electron chi connectivity index (χ1n) is 8.73. The first kappa shape index (κ1) is 17.5. The van der Waals surface area contributed by atoms with E-state index in [0.717, 1.165) is 35.9 Å². The standard InChI is InChI=1S/C19H25N3O3/c1-13(23)21-18(19(24)22(2)12-15-6-5-9-25-15)10-14-11-20-17-8-4-3-7-16(14)17/h3-4,7-8,11,15,18,20H,5-6,9-10,12H2,1-2H3,(H,21,23). The molecule has 2 N–H and O–H groups in total. The number of aromatic nitrogens is 1. The predicted molar refractivity (Wildman–Crippen MR) is 96.2 cm³/mol. The summed E-state index contributed by atoms with van der Waals surface area (Å²) < 4.78 is 5.61. The highest BCUT2D eigenvalue weighted by Gasteiger charge is 2.27. The van der Waals surface area contributed by atoms with Gasteiger partial charge in [0.2, 0.25) is 11.8 Å². The number of nitrogens with zero attached hydrogens (tertiary/aromatic N) is 1. The average molecular weight is 343 g/mol. The summed E-state index contributed by atoms with van der Waals surface area (Å²) in [5.74, 6) is -0.292. The molecule has 2 atom stereocenters. The van der Waals surface area contributed by atoms with Crippen LogP contribution in [0.15, 0.2) is 30.5 Å². The van der Waals surface area contributed by atoms with E-state index < -0.39 is 6.04 Å². The van der Waals surface area contributed by atoms with Gasteiger partial charge in [-0.2, -0.15) is 0 Å². The Labute approximate surface area is 147 Å². The minimum Gasteiger partial charge on any atom is -0.376 e. The number of ether oxygens (including phenoxy) is 1. The van der Waals surface area contributed by atoms with E-state index in [1.807, 2.05) is 30.5 Å². The summed E-state index contributed by atoms with van der Waals surface area (Å²) in [6, 6.07) is 7.37. The highest BCUT2D eigenvalue weighted by atomic mass is 16.5. The van der Waals surface area contributed by atoms with Crippen molar-refractivity contribution >= 4 is 22.7 Å². The molecule has 2 unspecified atom stereocenters. The van der Waals surface area contributed by atoms with E-state index in [0.29, 0.717) is 13.0 Å². The van der Waals surface area contributed by atoms with Crippen LogP contribution in [-0.4, -0.2) is 54.0 Å². The largest absolute Gasteiger partial charge is 0.376 e. The zero-order valence-corrected chi connectivity index (χ0v) is 14.7. The lowest BCUT2D eigenvalue weighted by molar-refractivity contribution is -0.136. The molecule has 6 heteroatoms. The number of hydrogen-bond donors (Lipinski definition) is 2. The van der Waals surface area contributed by atoms with Crippen molar-refractivity contribution in [1.82, 2.24) is 15.2 Å². The van der Waals surface area contributed by atoms with E-state index >= 15 is 0 Å². The Balaban J connectivity index is 1.74. The number of likely N-dealkylation sites (N-methyl/N-ethyl adjacent to an activating group) is 1. The summed E-state index contributed by atoms with van der Waals surface area (Å²) in [6.07, 6.45) is 4.48. The van der Waals surface area contributed by atoms with Crippen molar-refractivity contribution in [3.63, 3.8) is 0 Å². The van der Waals surface area contributed by atoms with Gasteiger partial charge < -0.3 is 19.9 Å². The van der Waals surface area contributed by atoms with Crippen LogP contribution in [0.2, 0.25) is 0 Å². The zero-order chi connectivity index (χ0) is 17.8. The van der Waals surface area contributed by atoms with Gasteiger partial charge in [-0.25, -0.2) is 0 Å². The topological polar surface area (TPSA) is 74.4 Å². The van der Waals surface area contributed by atoms with E-state index in [9.17, 15) is 9.59 Å². The van der Waals surface area contributed by atoms with E-state index in [2.05, 4.69) is 10.3 Å². The van der Waals surface area contributed by atoms with Crippen LogP contribution in [0.4, 0.5) is 0 Å². The van der Waals surface area contributed by atoms with Crippen molar-refractivity contribution in [1.29, 1.82) is 0 Å². The Morgan fingerprint density at radius 3 is 2.92 bits per heavy atom. The first-order valence-corrected chi connectivity index (χ1v) is 8.73. The third kappa shape index (κ3) is 4.20. The van der Waals surface area contributed by atoms with Crippen molar-refractivity contribution in [2.24, 2.45) is 0 Å². The van der Waals surface area contributed by atoms with Crippen molar-refractivity contribution in [2.75, 3.05) is 20.2 Å². The van der Waals surface area contributed by atoms with Gasteiger partial charge in [-0.3, -0.25) is 9.59 Å². The van der Waals surface area contributed by atoms with Crippen LogP contribution in [0, 0.1) is 0 Å². The van der Waals surface area contributed by atoms with Crippen LogP contribution in [0.25, 0.3) is 10.9 Å². The maximum absolute atomic E-state index is 12.9. The molecule has 0 radical (unpaired) electrons. The lowest BCUT2D eigenvalue weighted by Gasteiger charge is -2.26. The highest BCUT2D eigenvalue weighted by molar-refractivity contribution is 5.89. The molecule has 2 amide bonds. The average Bonchev–Trinajstić information content (AvgIpc) is 3.23. The van der Waals surface area contributed by atoms with E-state index in [-0.39, 0.29) is 17.9 Å². The minimum absolute atomic E-state index is 0.0871. The Morgan fingerprint density at radius 2 is 2.20 bits per heavy atom. The van der Waals surface area contributed by atoms with Crippen LogP contribution in [-0.2, 0) is 20.7 Å². The molecule has 3 rings (SSSR count). The number of carbonyl (C=O) groups excluding carboxylic acids is 2. The second-order valence-corrected chi connectivity index (χ2v) is 6.67. The van der Waals surface area contributed by atoms with Crippen molar-refractivity contribution < 1.29 is 14.3 Å². The van der Waals surface area contributed by atoms with Crippen LogP contribution in [0.3, 0.4) is 0 Å². The SMILES string of the molecule is CC(=O)NC(Cc1c[nH]c2ccccc12)C(=O)N(C)CC1CCCO1. The van der Waals surface area contributed by atoms with Crippen LogP contribution < -0.4 is 5.32 Å². The second kappa shape index (κ2) is 7.70. The zero-order valence-electron chi connectivity index (χ0n) is 14.7. The normalized spacial score (nSPS) is 18.2. The lowest BCUT2D eigenvalue weighted by Crippen LogP contribution is -2.49. The fourth-order valence-corrected chi connectivity index (χ4v) is 3.42. The molecule has 1 saturated heterocycles. The van der Waals surface area contributed by atoms with Gasteiger partial charge in [-0.15, -0.1) is 0 Å². The number of H-pyrrole nitrogens is 1. The number of amides is 2. The van der Waals surface area contributed by atoms with Gasteiger partial charge in [0, 0.05) is 50.6 Å². The molecule has 0 aliphatic carbocycles. The molecule has 1 aliphatic rings. The summed E-state index contributed by atoms with van der Waals surface area (Å²) >= 11 is 0. The first-order chi connectivity index (χ1) is 12.0. The number of nitrogens with one attached hydrogen (secondary N) is 2. The van der Waals surface area contributed by atoms with Gasteiger partial charge in [0.15, 0.2) is 0 Å². The van der Waals surface area contributed by atoms with Crippen molar-refractivity contribution in [3.8, 4) is 0 Å². The molecule has 1 fully saturated rings. The molecule has 1 aromatic carbocycles. The Morgan fingerprint density at radius 1 is 1.40 bits per heavy atom. The van der Waals surface area contributed by atoms with E-state index in [1.165, 1.54) is 6.92 Å². The number of benzene rings is 1. The van der Waals surface area contributed by atoms with Gasteiger partial charge >= 0.3 is 0 Å². The monoisotopic (exact) mass is 343 g/mol. The predicted octanol–water partition coefficient (Wildman–Crippen LogP) is 1.85. The minimum atomic E-state index is -0.580. The lowest BCUT2D eigenvalue weighted by atomic mass is 10.0. The maximum Gasteiger partial charge on any atom is 0.245 e. The van der Waals surface area contributed by atoms with Gasteiger partial charge in [0.05, 0.1) is 6.10 Å². The molecule has 2 heterocycles. The Kier molecular flexibility index (Phi) is 5.38. The molecular weight excluding hydrogens is 318 g/mol. The van der Waals surface area contributed by atoms with Crippen LogP contribution in [0.1, 0.15) is 25.3 Å². The number of hydrogen-bond acceptors (Lipinski definition) is 3. The molecule has 1 aliphatic heterocycles. The number of aromatic amines is 1. The third-order valence-electron chi connectivity index (χ3n) is 4.65. The van der Waals surface area contributed by atoms with Gasteiger partial charge in [0.1, 0.15) is 6.04 Å². The molecule has 0 bridgehead atoms. The fourth-order valence-electron chi connectivity index (χ4n) is 3.42. The van der Waals surface area contributed by atoms with Gasteiger partial charge in [-0.05, 0) is 24.5 Å². The van der Waals surface area contributed by atoms with Crippen molar-refractivity contribution in [2.45, 2.75) is 38.3 Å². The number of para-hydroxylation sites is 1. The quantitative estimate of drug-likeness (QED) is 0.841. The van der Waals surface area contributed by atoms with Gasteiger partial charge in [0.25, 0.3) is 0 Å². The molecule has 0 spiro atoms. The molecule has 1 aromatic heterocycles. The van der Waals surface area contributed by atoms with Crippen LogP contribution in [0.5, 0.6) is 0 Å². The fraction of sp³-hybridized carbons (Fsp3) is 0.474. The molecule has 134 valence electrons. The Bertz CT molecular complexity index is 749. The maximum atomic E-state index is 12.9. The van der Waals surface area contributed by atoms with Gasteiger partial charge in [-0.1, -0.05) is 18.2 Å².